The van der Waals surface area contributed by atoms with Crippen LogP contribution in [-0.4, -0.2) is 25.2 Å². The van der Waals surface area contributed by atoms with Gasteiger partial charge in [-0.2, -0.15) is 0 Å². The van der Waals surface area contributed by atoms with Crippen LogP contribution >= 0.6 is 0 Å². The number of carbonyl (C=O) groups excluding carboxylic acids is 1. The first kappa shape index (κ1) is 26.7. The topological polar surface area (TPSA) is 57.7 Å². The van der Waals surface area contributed by atoms with E-state index in [0.717, 1.165) is 39.1 Å². The molecule has 0 fully saturated rings. The van der Waals surface area contributed by atoms with Gasteiger partial charge in [0.1, 0.15) is 12.4 Å². The summed E-state index contributed by atoms with van der Waals surface area (Å²) in [6.07, 6.45) is 5.62. The lowest BCUT2D eigenvalue weighted by molar-refractivity contribution is 0.0600. The lowest BCUT2D eigenvalue weighted by atomic mass is 9.83. The number of esters is 1. The summed E-state index contributed by atoms with van der Waals surface area (Å²) in [5, 5.41) is 0. The monoisotopic (exact) mass is 507 g/mol. The number of aromatic nitrogens is 1. The third-order valence-electron chi connectivity index (χ3n) is 6.24. The molecule has 0 aliphatic rings. The normalized spacial score (nSPS) is 11.4. The molecule has 0 bridgehead atoms. The molecule has 5 nitrogen and oxygen atoms in total. The highest BCUT2D eigenvalue weighted by molar-refractivity contribution is 5.95. The molecule has 1 heterocycles. The van der Waals surface area contributed by atoms with E-state index in [1.807, 2.05) is 72.8 Å². The van der Waals surface area contributed by atoms with Gasteiger partial charge in [-0.05, 0) is 52.4 Å². The van der Waals surface area contributed by atoms with Crippen molar-refractivity contribution in [1.29, 1.82) is 0 Å². The van der Waals surface area contributed by atoms with Gasteiger partial charge in [0.25, 0.3) is 0 Å². The number of carbonyl (C=O) groups is 1. The van der Waals surface area contributed by atoms with Crippen molar-refractivity contribution in [2.24, 2.45) is 0 Å². The molecule has 0 saturated heterocycles. The molecule has 0 aliphatic heterocycles. The van der Waals surface area contributed by atoms with E-state index < -0.39 is 0 Å². The third-order valence-corrected chi connectivity index (χ3v) is 6.24. The van der Waals surface area contributed by atoms with E-state index in [0.29, 0.717) is 18.1 Å². The van der Waals surface area contributed by atoms with Gasteiger partial charge in [0.05, 0.1) is 19.8 Å². The number of rotatable bonds is 8. The highest BCUT2D eigenvalue weighted by Crippen LogP contribution is 2.40. The molecule has 0 unspecified atom stereocenters. The summed E-state index contributed by atoms with van der Waals surface area (Å²) < 4.78 is 17.1. The second-order valence-corrected chi connectivity index (χ2v) is 9.94. The molecule has 3 aromatic carbocycles. The van der Waals surface area contributed by atoms with Crippen molar-refractivity contribution < 1.29 is 19.0 Å². The standard InChI is InChI=1S/C33H33NO4/c1-33(2,3)29-21-26(27-16-11-19-34-31(27)38-22-23-12-7-6-8-13-23)20-25(30(29)36-4)18-17-24-14-9-10-15-28(24)32(35)37-5/h6-21H,22H2,1-5H3. The van der Waals surface area contributed by atoms with Crippen LogP contribution in [0.25, 0.3) is 23.3 Å². The Labute approximate surface area is 224 Å². The van der Waals surface area contributed by atoms with Gasteiger partial charge in [0.15, 0.2) is 0 Å². The maximum absolute atomic E-state index is 12.3. The zero-order chi connectivity index (χ0) is 27.1. The number of hydrogen-bond donors (Lipinski definition) is 0. The molecular formula is C33H33NO4. The molecule has 4 aromatic rings. The van der Waals surface area contributed by atoms with E-state index in [4.69, 9.17) is 14.2 Å². The van der Waals surface area contributed by atoms with Crippen LogP contribution in [0, 0.1) is 0 Å². The number of pyridine rings is 1. The fourth-order valence-electron chi connectivity index (χ4n) is 4.28. The molecule has 0 spiro atoms. The van der Waals surface area contributed by atoms with Crippen molar-refractivity contribution in [1.82, 2.24) is 4.98 Å². The van der Waals surface area contributed by atoms with Crippen LogP contribution in [-0.2, 0) is 16.8 Å². The molecule has 38 heavy (non-hydrogen) atoms. The van der Waals surface area contributed by atoms with Crippen molar-refractivity contribution >= 4 is 18.1 Å². The number of hydrogen-bond acceptors (Lipinski definition) is 5. The Hall–Kier alpha value is -4.38. The van der Waals surface area contributed by atoms with E-state index in [-0.39, 0.29) is 11.4 Å². The van der Waals surface area contributed by atoms with Crippen LogP contribution in [0.15, 0.2) is 85.1 Å². The third kappa shape index (κ3) is 6.12. The minimum atomic E-state index is -0.378. The van der Waals surface area contributed by atoms with E-state index >= 15 is 0 Å². The quantitative estimate of drug-likeness (QED) is 0.182. The number of benzene rings is 3. The number of methoxy groups -OCH3 is 2. The van der Waals surface area contributed by atoms with Gasteiger partial charge in [-0.25, -0.2) is 9.78 Å². The molecule has 0 N–H and O–H groups in total. The van der Waals surface area contributed by atoms with Gasteiger partial charge in [0.2, 0.25) is 5.88 Å². The van der Waals surface area contributed by atoms with Crippen molar-refractivity contribution in [3.8, 4) is 22.8 Å². The van der Waals surface area contributed by atoms with Crippen LogP contribution < -0.4 is 9.47 Å². The SMILES string of the molecule is COC(=O)c1ccccc1C=Cc1cc(-c2cccnc2OCc2ccccc2)cc(C(C)(C)C)c1OC. The van der Waals surface area contributed by atoms with Gasteiger partial charge in [0, 0.05) is 22.9 Å². The maximum atomic E-state index is 12.3. The average Bonchev–Trinajstić information content (AvgIpc) is 2.94. The van der Waals surface area contributed by atoms with Gasteiger partial charge in [-0.3, -0.25) is 0 Å². The van der Waals surface area contributed by atoms with Gasteiger partial charge in [-0.1, -0.05) is 81.5 Å². The summed E-state index contributed by atoms with van der Waals surface area (Å²) in [5.41, 5.74) is 5.93. The molecule has 194 valence electrons. The Kier molecular flexibility index (Phi) is 8.27. The second-order valence-electron chi connectivity index (χ2n) is 9.94. The molecule has 1 aromatic heterocycles. The molecule has 0 radical (unpaired) electrons. The molecule has 0 atom stereocenters. The Balaban J connectivity index is 1.81. The van der Waals surface area contributed by atoms with E-state index in [1.54, 1.807) is 19.4 Å². The molecule has 4 rings (SSSR count). The van der Waals surface area contributed by atoms with Crippen LogP contribution in [0.3, 0.4) is 0 Å². The van der Waals surface area contributed by atoms with Crippen LogP contribution in [0.2, 0.25) is 0 Å². The first-order valence-electron chi connectivity index (χ1n) is 12.5. The van der Waals surface area contributed by atoms with Gasteiger partial charge in [-0.15, -0.1) is 0 Å². The number of ether oxygens (including phenoxy) is 3. The summed E-state index contributed by atoms with van der Waals surface area (Å²) in [7, 11) is 3.07. The van der Waals surface area contributed by atoms with Crippen molar-refractivity contribution in [2.75, 3.05) is 14.2 Å². The maximum Gasteiger partial charge on any atom is 0.338 e. The fourth-order valence-corrected chi connectivity index (χ4v) is 4.28. The second kappa shape index (κ2) is 11.8. The van der Waals surface area contributed by atoms with Crippen molar-refractivity contribution in [3.63, 3.8) is 0 Å². The predicted octanol–water partition coefficient (Wildman–Crippen LogP) is 7.59. The van der Waals surface area contributed by atoms with Crippen LogP contribution in [0.1, 0.15) is 53.4 Å². The first-order valence-corrected chi connectivity index (χ1v) is 12.5. The fraction of sp³-hybridized carbons (Fsp3) is 0.212. The zero-order valence-corrected chi connectivity index (χ0v) is 22.5. The summed E-state index contributed by atoms with van der Waals surface area (Å²) in [6, 6.07) is 25.5. The average molecular weight is 508 g/mol. The molecule has 0 amide bonds. The van der Waals surface area contributed by atoms with Crippen molar-refractivity contribution in [2.45, 2.75) is 32.8 Å². The van der Waals surface area contributed by atoms with Crippen LogP contribution in [0.4, 0.5) is 0 Å². The van der Waals surface area contributed by atoms with Gasteiger partial charge < -0.3 is 14.2 Å². The molecule has 5 heteroatoms. The highest BCUT2D eigenvalue weighted by Gasteiger charge is 2.23. The predicted molar refractivity (Wildman–Crippen MR) is 152 cm³/mol. The minimum Gasteiger partial charge on any atom is -0.496 e. The summed E-state index contributed by atoms with van der Waals surface area (Å²) in [4.78, 5) is 16.8. The van der Waals surface area contributed by atoms with Crippen molar-refractivity contribution in [3.05, 3.63) is 113 Å². The van der Waals surface area contributed by atoms with Crippen LogP contribution in [0.5, 0.6) is 11.6 Å². The Bertz CT molecular complexity index is 1440. The Morgan fingerprint density at radius 1 is 0.868 bits per heavy atom. The lowest BCUT2D eigenvalue weighted by Gasteiger charge is -2.25. The minimum absolute atomic E-state index is 0.193. The summed E-state index contributed by atoms with van der Waals surface area (Å²) >= 11 is 0. The Morgan fingerprint density at radius 3 is 2.29 bits per heavy atom. The largest absolute Gasteiger partial charge is 0.496 e. The molecular weight excluding hydrogens is 474 g/mol. The highest BCUT2D eigenvalue weighted by atomic mass is 16.5. The summed E-state index contributed by atoms with van der Waals surface area (Å²) in [6.45, 7) is 6.89. The molecule has 0 saturated carbocycles. The lowest BCUT2D eigenvalue weighted by Crippen LogP contribution is -2.14. The van der Waals surface area contributed by atoms with E-state index in [9.17, 15) is 4.79 Å². The zero-order valence-electron chi connectivity index (χ0n) is 22.5. The van der Waals surface area contributed by atoms with E-state index in [1.165, 1.54) is 7.11 Å². The molecule has 0 aliphatic carbocycles. The van der Waals surface area contributed by atoms with Gasteiger partial charge >= 0.3 is 5.97 Å². The van der Waals surface area contributed by atoms with E-state index in [2.05, 4.69) is 37.9 Å². The Morgan fingerprint density at radius 2 is 1.58 bits per heavy atom. The first-order chi connectivity index (χ1) is 18.3. The number of nitrogens with zero attached hydrogens (tertiary/aromatic N) is 1. The smallest absolute Gasteiger partial charge is 0.338 e. The summed E-state index contributed by atoms with van der Waals surface area (Å²) in [5.74, 6) is 0.966.